The Morgan fingerprint density at radius 3 is 2.45 bits per heavy atom. The number of nitro benzene ring substituents is 1. The van der Waals surface area contributed by atoms with Crippen LogP contribution in [0.2, 0.25) is 0 Å². The Morgan fingerprint density at radius 1 is 1.17 bits per heavy atom. The van der Waals surface area contributed by atoms with Crippen molar-refractivity contribution in [1.29, 1.82) is 0 Å². The number of non-ortho nitro benzene ring substituents is 1. The summed E-state index contributed by atoms with van der Waals surface area (Å²) in [7, 11) is -3.11. The molecule has 1 unspecified atom stereocenters. The molecule has 0 spiro atoms. The molecule has 3 rings (SSSR count). The molecule has 2 aromatic rings. The summed E-state index contributed by atoms with van der Waals surface area (Å²) in [4.78, 5) is 34.2. The number of methoxy groups -OCH3 is 1. The Kier molecular flexibility index (Phi) is 5.28. The number of nitrogens with one attached hydrogen (secondary N) is 2. The third-order valence-corrected chi connectivity index (χ3v) is 5.42. The number of hydrogen-bond donors (Lipinski definition) is 2. The lowest BCUT2D eigenvalue weighted by atomic mass is 9.95. The summed E-state index contributed by atoms with van der Waals surface area (Å²) < 4.78 is 31.5. The van der Waals surface area contributed by atoms with Crippen molar-refractivity contribution in [1.82, 2.24) is 10.1 Å². The zero-order valence-corrected chi connectivity index (χ0v) is 15.7. The molecule has 2 N–H and O–H groups in total. The van der Waals surface area contributed by atoms with E-state index in [4.69, 9.17) is 4.74 Å². The Balaban J connectivity index is 1.88. The molecule has 0 bridgehead atoms. The minimum atomic E-state index is -4.31. The second kappa shape index (κ2) is 7.67. The number of hydrogen-bond acceptors (Lipinski definition) is 9. The maximum atomic E-state index is 12.6. The molecule has 0 fully saturated rings. The van der Waals surface area contributed by atoms with Gasteiger partial charge < -0.3 is 4.74 Å². The molecule has 0 saturated carbocycles. The van der Waals surface area contributed by atoms with Crippen molar-refractivity contribution in [2.45, 2.75) is 10.9 Å². The van der Waals surface area contributed by atoms with Crippen LogP contribution in [0.4, 0.5) is 5.69 Å². The lowest BCUT2D eigenvalue weighted by molar-refractivity contribution is -0.384. The largest absolute Gasteiger partial charge is 0.467 e. The van der Waals surface area contributed by atoms with E-state index in [0.717, 1.165) is 24.3 Å². The number of carbonyl (C=O) groups excluding carboxylic acids is 2. The normalized spacial score (nSPS) is 15.3. The van der Waals surface area contributed by atoms with Crippen LogP contribution in [0.3, 0.4) is 0 Å². The minimum absolute atomic E-state index is 0.244. The van der Waals surface area contributed by atoms with Gasteiger partial charge in [-0.25, -0.2) is 17.9 Å². The number of rotatable bonds is 5. The quantitative estimate of drug-likeness (QED) is 0.406. The first-order valence-corrected chi connectivity index (χ1v) is 9.55. The fourth-order valence-corrected chi connectivity index (χ4v) is 3.62. The van der Waals surface area contributed by atoms with E-state index in [0.29, 0.717) is 5.56 Å². The summed E-state index contributed by atoms with van der Waals surface area (Å²) in [6, 6.07) is 9.44. The van der Waals surface area contributed by atoms with Crippen molar-refractivity contribution in [2.75, 3.05) is 7.11 Å². The molecule has 0 aromatic heterocycles. The fraction of sp³-hybridized carbons (Fsp3) is 0.118. The van der Waals surface area contributed by atoms with Crippen molar-refractivity contribution in [3.05, 3.63) is 69.8 Å². The molecule has 0 saturated heterocycles. The fourth-order valence-electron chi connectivity index (χ4n) is 2.67. The van der Waals surface area contributed by atoms with Gasteiger partial charge >= 0.3 is 5.97 Å². The van der Waals surface area contributed by atoms with Crippen LogP contribution in [0.25, 0.3) is 0 Å². The van der Waals surface area contributed by atoms with Gasteiger partial charge in [0.1, 0.15) is 0 Å². The maximum absolute atomic E-state index is 12.6. The van der Waals surface area contributed by atoms with Crippen molar-refractivity contribution in [3.63, 3.8) is 0 Å². The average molecular weight is 418 g/mol. The van der Waals surface area contributed by atoms with E-state index < -0.39 is 32.9 Å². The molecule has 2 aromatic carbocycles. The molecule has 29 heavy (non-hydrogen) atoms. The molecule has 1 aliphatic rings. The predicted octanol–water partition coefficient (Wildman–Crippen LogP) is 0.621. The average Bonchev–Trinajstić information content (AvgIpc) is 2.72. The van der Waals surface area contributed by atoms with Gasteiger partial charge in [-0.05, 0) is 17.7 Å². The SMILES string of the molecule is COC(=O)C1NN=C(C(=O)NS(=O)(=O)c2ccc([N+](=O)[O-])cc2)c2ccccc21. The van der Waals surface area contributed by atoms with Crippen LogP contribution < -0.4 is 10.1 Å². The number of hydrazone groups is 1. The number of amides is 1. The van der Waals surface area contributed by atoms with Crippen molar-refractivity contribution in [3.8, 4) is 0 Å². The van der Waals surface area contributed by atoms with Crippen molar-refractivity contribution >= 4 is 33.3 Å². The second-order valence-electron chi connectivity index (χ2n) is 5.82. The highest BCUT2D eigenvalue weighted by Gasteiger charge is 2.32. The molecule has 0 aliphatic carbocycles. The number of ether oxygens (including phenoxy) is 1. The Labute approximate surface area is 164 Å². The van der Waals surface area contributed by atoms with Gasteiger partial charge in [0.2, 0.25) is 0 Å². The summed E-state index contributed by atoms with van der Waals surface area (Å²) in [5, 5.41) is 14.5. The number of fused-ring (bicyclic) bond motifs is 1. The summed E-state index contributed by atoms with van der Waals surface area (Å²) in [5.74, 6) is -1.66. The summed E-state index contributed by atoms with van der Waals surface area (Å²) in [6.45, 7) is 0. The molecule has 1 atom stereocenters. The zero-order chi connectivity index (χ0) is 21.2. The van der Waals surface area contributed by atoms with Crippen LogP contribution in [0.15, 0.2) is 58.5 Å². The van der Waals surface area contributed by atoms with Crippen LogP contribution in [-0.4, -0.2) is 38.0 Å². The van der Waals surface area contributed by atoms with Gasteiger partial charge in [0, 0.05) is 17.7 Å². The lowest BCUT2D eigenvalue weighted by Crippen LogP contribution is -2.41. The van der Waals surface area contributed by atoms with E-state index in [1.54, 1.807) is 18.2 Å². The first-order valence-electron chi connectivity index (χ1n) is 8.06. The van der Waals surface area contributed by atoms with E-state index in [-0.39, 0.29) is 21.9 Å². The predicted molar refractivity (Wildman–Crippen MR) is 99.3 cm³/mol. The molecule has 11 nitrogen and oxygen atoms in total. The van der Waals surface area contributed by atoms with Crippen LogP contribution in [-0.2, 0) is 24.3 Å². The molecule has 150 valence electrons. The third kappa shape index (κ3) is 3.91. The van der Waals surface area contributed by atoms with Gasteiger partial charge in [-0.2, -0.15) is 5.10 Å². The van der Waals surface area contributed by atoms with E-state index in [1.165, 1.54) is 13.2 Å². The zero-order valence-electron chi connectivity index (χ0n) is 14.9. The second-order valence-corrected chi connectivity index (χ2v) is 7.50. The Hall–Kier alpha value is -3.80. The van der Waals surface area contributed by atoms with Gasteiger partial charge in [0.15, 0.2) is 11.8 Å². The first kappa shape index (κ1) is 19.9. The van der Waals surface area contributed by atoms with Crippen molar-refractivity contribution in [2.24, 2.45) is 5.10 Å². The highest BCUT2D eigenvalue weighted by molar-refractivity contribution is 7.90. The number of carbonyl (C=O) groups is 2. The smallest absolute Gasteiger partial charge is 0.334 e. The molecule has 1 amide bonds. The van der Waals surface area contributed by atoms with Crippen LogP contribution in [0, 0.1) is 10.1 Å². The summed E-state index contributed by atoms with van der Waals surface area (Å²) >= 11 is 0. The Bertz CT molecular complexity index is 1130. The molecular weight excluding hydrogens is 404 g/mol. The third-order valence-electron chi connectivity index (χ3n) is 4.07. The molecule has 0 radical (unpaired) electrons. The Morgan fingerprint density at radius 2 is 1.83 bits per heavy atom. The summed E-state index contributed by atoms with van der Waals surface area (Å²) in [5.41, 5.74) is 2.61. The number of nitrogens with zero attached hydrogens (tertiary/aromatic N) is 2. The van der Waals surface area contributed by atoms with Crippen LogP contribution in [0.1, 0.15) is 17.2 Å². The lowest BCUT2D eigenvalue weighted by Gasteiger charge is -2.23. The highest BCUT2D eigenvalue weighted by atomic mass is 32.2. The number of sulfonamides is 1. The maximum Gasteiger partial charge on any atom is 0.334 e. The highest BCUT2D eigenvalue weighted by Crippen LogP contribution is 2.24. The monoisotopic (exact) mass is 418 g/mol. The van der Waals surface area contributed by atoms with E-state index in [9.17, 15) is 28.1 Å². The molecule has 1 aliphatic heterocycles. The van der Waals surface area contributed by atoms with Gasteiger partial charge in [0.05, 0.1) is 16.9 Å². The molecule has 12 heteroatoms. The standard InChI is InChI=1S/C17H14N4O7S/c1-28-17(23)15-13-5-3-2-4-12(13)14(18-19-15)16(22)20-29(26,27)11-8-6-10(7-9-11)21(24)25/h2-9,15,19H,1H3,(H,20,22). The van der Waals surface area contributed by atoms with Crippen LogP contribution in [0.5, 0.6) is 0 Å². The van der Waals surface area contributed by atoms with E-state index in [1.807, 2.05) is 4.72 Å². The van der Waals surface area contributed by atoms with Crippen molar-refractivity contribution < 1.29 is 27.7 Å². The summed E-state index contributed by atoms with van der Waals surface area (Å²) in [6.07, 6.45) is 0. The van der Waals surface area contributed by atoms with E-state index in [2.05, 4.69) is 10.5 Å². The minimum Gasteiger partial charge on any atom is -0.467 e. The molecule has 1 heterocycles. The van der Waals surface area contributed by atoms with Gasteiger partial charge in [-0.3, -0.25) is 20.3 Å². The van der Waals surface area contributed by atoms with Gasteiger partial charge in [-0.15, -0.1) is 0 Å². The number of esters is 1. The van der Waals surface area contributed by atoms with Gasteiger partial charge in [-0.1, -0.05) is 24.3 Å². The van der Waals surface area contributed by atoms with Gasteiger partial charge in [0.25, 0.3) is 21.6 Å². The first-order chi connectivity index (χ1) is 13.7. The van der Waals surface area contributed by atoms with Crippen LogP contribution >= 0.6 is 0 Å². The number of benzene rings is 2. The topological polar surface area (TPSA) is 157 Å². The molecular formula is C17H14N4O7S. The van der Waals surface area contributed by atoms with E-state index >= 15 is 0 Å². The number of nitro groups is 1.